The first-order valence-corrected chi connectivity index (χ1v) is 6.68. The van der Waals surface area contributed by atoms with E-state index in [-0.39, 0.29) is 0 Å². The molecule has 0 spiro atoms. The van der Waals surface area contributed by atoms with Crippen LogP contribution in [-0.2, 0) is 6.42 Å². The van der Waals surface area contributed by atoms with Gasteiger partial charge in [-0.25, -0.2) is 4.98 Å². The zero-order valence-corrected chi connectivity index (χ0v) is 10.4. The van der Waals surface area contributed by atoms with Crippen molar-refractivity contribution >= 4 is 11.3 Å². The van der Waals surface area contributed by atoms with E-state index < -0.39 is 0 Å². The molecular weight excluding hydrogens is 204 g/mol. The maximum absolute atomic E-state index is 4.39. The third kappa shape index (κ3) is 2.40. The molecule has 15 heavy (non-hydrogen) atoms. The summed E-state index contributed by atoms with van der Waals surface area (Å²) in [5.74, 6) is 0. The lowest BCUT2D eigenvalue weighted by molar-refractivity contribution is 0.229. The molecule has 1 aliphatic rings. The van der Waals surface area contributed by atoms with E-state index in [2.05, 4.69) is 29.7 Å². The minimum Gasteiger partial charge on any atom is -0.316 e. The van der Waals surface area contributed by atoms with Gasteiger partial charge in [0.05, 0.1) is 5.01 Å². The van der Waals surface area contributed by atoms with Crippen LogP contribution in [0.2, 0.25) is 0 Å². The highest BCUT2D eigenvalue weighted by molar-refractivity contribution is 7.09. The maximum Gasteiger partial charge on any atom is 0.0940 e. The molecule has 0 aromatic carbocycles. The fourth-order valence-corrected chi connectivity index (χ4v) is 3.42. The molecule has 0 bridgehead atoms. The Morgan fingerprint density at radius 2 is 2.27 bits per heavy atom. The van der Waals surface area contributed by atoms with Crippen LogP contribution in [0.25, 0.3) is 0 Å². The van der Waals surface area contributed by atoms with E-state index in [0.717, 1.165) is 6.42 Å². The number of hydrogen-bond acceptors (Lipinski definition) is 3. The van der Waals surface area contributed by atoms with Crippen LogP contribution >= 0.6 is 11.3 Å². The van der Waals surface area contributed by atoms with Crippen LogP contribution in [0, 0.1) is 5.41 Å². The molecule has 1 aromatic heterocycles. The van der Waals surface area contributed by atoms with Crippen molar-refractivity contribution in [1.82, 2.24) is 10.3 Å². The quantitative estimate of drug-likeness (QED) is 0.850. The predicted molar refractivity (Wildman–Crippen MR) is 65.2 cm³/mol. The van der Waals surface area contributed by atoms with Gasteiger partial charge in [-0.15, -0.1) is 11.3 Å². The van der Waals surface area contributed by atoms with Crippen molar-refractivity contribution in [2.75, 3.05) is 7.05 Å². The van der Waals surface area contributed by atoms with Gasteiger partial charge in [-0.1, -0.05) is 19.8 Å². The average Bonchev–Trinajstić information content (AvgIpc) is 2.85. The Labute approximate surface area is 96.1 Å². The zero-order valence-electron chi connectivity index (χ0n) is 9.62. The number of thiazole rings is 1. The van der Waals surface area contributed by atoms with Gasteiger partial charge in [-0.3, -0.25) is 0 Å². The van der Waals surface area contributed by atoms with Crippen LogP contribution in [0.1, 0.15) is 37.6 Å². The molecule has 1 saturated carbocycles. The second-order valence-electron chi connectivity index (χ2n) is 4.83. The summed E-state index contributed by atoms with van der Waals surface area (Å²) < 4.78 is 0. The van der Waals surface area contributed by atoms with Crippen LogP contribution in [0.15, 0.2) is 11.6 Å². The minimum absolute atomic E-state index is 0.487. The molecule has 1 aromatic rings. The van der Waals surface area contributed by atoms with Crippen LogP contribution in [0.3, 0.4) is 0 Å². The molecule has 2 nitrogen and oxygen atoms in total. The van der Waals surface area contributed by atoms with Gasteiger partial charge < -0.3 is 5.32 Å². The number of aromatic nitrogens is 1. The van der Waals surface area contributed by atoms with Gasteiger partial charge in [0.1, 0.15) is 0 Å². The molecule has 3 heteroatoms. The van der Waals surface area contributed by atoms with Gasteiger partial charge in [0.25, 0.3) is 0 Å². The molecule has 84 valence electrons. The van der Waals surface area contributed by atoms with E-state index in [1.165, 1.54) is 30.7 Å². The third-order valence-corrected chi connectivity index (χ3v) is 4.60. The molecule has 2 rings (SSSR count). The summed E-state index contributed by atoms with van der Waals surface area (Å²) in [5.41, 5.74) is 0.487. The van der Waals surface area contributed by atoms with E-state index >= 15 is 0 Å². The van der Waals surface area contributed by atoms with Crippen LogP contribution in [0.4, 0.5) is 0 Å². The van der Waals surface area contributed by atoms with E-state index in [9.17, 15) is 0 Å². The van der Waals surface area contributed by atoms with Gasteiger partial charge in [-0.2, -0.15) is 0 Å². The Morgan fingerprint density at radius 3 is 2.80 bits per heavy atom. The number of nitrogens with one attached hydrogen (secondary N) is 1. The number of hydrogen-bond donors (Lipinski definition) is 1. The SMILES string of the molecule is CNC(Cc1nccs1)C1(C)CCCC1. The fraction of sp³-hybridized carbons (Fsp3) is 0.750. The molecule has 1 N–H and O–H groups in total. The van der Waals surface area contributed by atoms with E-state index in [1.54, 1.807) is 11.3 Å². The molecule has 1 aliphatic carbocycles. The molecule has 1 unspecified atom stereocenters. The van der Waals surface area contributed by atoms with Crippen LogP contribution < -0.4 is 5.32 Å². The summed E-state index contributed by atoms with van der Waals surface area (Å²) >= 11 is 1.77. The Hall–Kier alpha value is -0.410. The second-order valence-corrected chi connectivity index (χ2v) is 5.81. The molecule has 0 amide bonds. The molecular formula is C12H20N2S. The van der Waals surface area contributed by atoms with Crippen molar-refractivity contribution in [2.24, 2.45) is 5.41 Å². The van der Waals surface area contributed by atoms with Gasteiger partial charge in [0.2, 0.25) is 0 Å². The van der Waals surface area contributed by atoms with Crippen molar-refractivity contribution in [3.63, 3.8) is 0 Å². The lowest BCUT2D eigenvalue weighted by atomic mass is 9.79. The molecule has 1 atom stereocenters. The van der Waals surface area contributed by atoms with Crippen molar-refractivity contribution in [3.05, 3.63) is 16.6 Å². The lowest BCUT2D eigenvalue weighted by Crippen LogP contribution is -2.41. The standard InChI is InChI=1S/C12H20N2S/c1-12(5-3-4-6-12)10(13-2)9-11-14-7-8-15-11/h7-8,10,13H,3-6,9H2,1-2H3. The number of likely N-dealkylation sites (N-methyl/N-ethyl adjacent to an activating group) is 1. The topological polar surface area (TPSA) is 24.9 Å². The summed E-state index contributed by atoms with van der Waals surface area (Å²) in [6.07, 6.45) is 8.52. The first-order valence-electron chi connectivity index (χ1n) is 5.80. The first kappa shape index (κ1) is 11.1. The average molecular weight is 224 g/mol. The van der Waals surface area contributed by atoms with Gasteiger partial charge in [-0.05, 0) is 25.3 Å². The molecule has 0 saturated heterocycles. The van der Waals surface area contributed by atoms with Crippen LogP contribution in [-0.4, -0.2) is 18.1 Å². The Bertz CT molecular complexity index is 289. The van der Waals surface area contributed by atoms with Crippen molar-refractivity contribution in [3.8, 4) is 0 Å². The predicted octanol–water partition coefficient (Wildman–Crippen LogP) is 2.85. The monoisotopic (exact) mass is 224 g/mol. The summed E-state index contributed by atoms with van der Waals surface area (Å²) in [6.45, 7) is 2.43. The molecule has 0 aliphatic heterocycles. The summed E-state index contributed by atoms with van der Waals surface area (Å²) in [7, 11) is 2.09. The van der Waals surface area contributed by atoms with Gasteiger partial charge in [0.15, 0.2) is 0 Å². The molecule has 1 heterocycles. The van der Waals surface area contributed by atoms with Crippen molar-refractivity contribution in [2.45, 2.75) is 45.1 Å². The third-order valence-electron chi connectivity index (χ3n) is 3.80. The first-order chi connectivity index (χ1) is 7.24. The summed E-state index contributed by atoms with van der Waals surface area (Å²) in [6, 6.07) is 0.589. The molecule has 1 fully saturated rings. The Kier molecular flexibility index (Phi) is 3.42. The summed E-state index contributed by atoms with van der Waals surface area (Å²) in [5, 5.41) is 6.82. The van der Waals surface area contributed by atoms with Gasteiger partial charge in [0, 0.05) is 24.0 Å². The lowest BCUT2D eigenvalue weighted by Gasteiger charge is -2.33. The minimum atomic E-state index is 0.487. The largest absolute Gasteiger partial charge is 0.316 e. The smallest absolute Gasteiger partial charge is 0.0940 e. The van der Waals surface area contributed by atoms with E-state index in [4.69, 9.17) is 0 Å². The van der Waals surface area contributed by atoms with Crippen LogP contribution in [0.5, 0.6) is 0 Å². The van der Waals surface area contributed by atoms with Crippen molar-refractivity contribution < 1.29 is 0 Å². The molecule has 0 radical (unpaired) electrons. The second kappa shape index (κ2) is 4.62. The maximum atomic E-state index is 4.39. The summed E-state index contributed by atoms with van der Waals surface area (Å²) in [4.78, 5) is 4.39. The Morgan fingerprint density at radius 1 is 1.53 bits per heavy atom. The highest BCUT2D eigenvalue weighted by Gasteiger charge is 2.36. The van der Waals surface area contributed by atoms with Gasteiger partial charge >= 0.3 is 0 Å². The normalized spacial score (nSPS) is 21.7. The van der Waals surface area contributed by atoms with E-state index in [1.807, 2.05) is 6.20 Å². The Balaban J connectivity index is 2.03. The van der Waals surface area contributed by atoms with Crippen molar-refractivity contribution in [1.29, 1.82) is 0 Å². The van der Waals surface area contributed by atoms with E-state index in [0.29, 0.717) is 11.5 Å². The number of rotatable bonds is 4. The highest BCUT2D eigenvalue weighted by atomic mass is 32.1. The fourth-order valence-electron chi connectivity index (χ4n) is 2.76. The zero-order chi connectivity index (χ0) is 10.7. The number of nitrogens with zero attached hydrogens (tertiary/aromatic N) is 1. The highest BCUT2D eigenvalue weighted by Crippen LogP contribution is 2.41.